The number of aliphatic hydroxyl groups is 1. The van der Waals surface area contributed by atoms with Crippen LogP contribution in [-0.4, -0.2) is 123 Å². The molecule has 2 aromatic rings. The Morgan fingerprint density at radius 3 is 2.14 bits per heavy atom. The predicted octanol–water partition coefficient (Wildman–Crippen LogP) is -0.302. The van der Waals surface area contributed by atoms with Crippen molar-refractivity contribution in [2.75, 3.05) is 25.0 Å². The molecule has 0 aromatic heterocycles. The predicted molar refractivity (Wildman–Crippen MR) is 216 cm³/mol. The number of carboxylic acid groups (broad SMARTS) is 1. The Bertz CT molecular complexity index is 1950. The number of unbranched alkanes of at least 4 members (excludes halogenated alkanes) is 1. The number of fused-ring (bicyclic) bond motifs is 2. The third-order valence-electron chi connectivity index (χ3n) is 10.4. The normalized spacial score (nSPS) is 17.1. The summed E-state index contributed by atoms with van der Waals surface area (Å²) in [4.78, 5) is 98.6. The van der Waals surface area contributed by atoms with E-state index in [4.69, 9.17) is 17.2 Å². The van der Waals surface area contributed by atoms with Gasteiger partial charge in [-0.3, -0.25) is 33.8 Å². The molecular formula is C40H55N9O10. The SMILES string of the molecule is CC(C)[C@H](N)C(=O)NCCCC[C@H](NC(=O)[C@@H]1CCCN1C(=O)[C@H](CCCN=C(N)N)Nc1ccc(O)c2c1C(=O)c1ccccc1C2=O)C(=O)N[C@H](C(=O)O)[C@@H](C)O. The topological polar surface area (TPSA) is 322 Å². The van der Waals surface area contributed by atoms with Crippen molar-refractivity contribution in [2.24, 2.45) is 28.1 Å². The van der Waals surface area contributed by atoms with E-state index in [1.54, 1.807) is 12.1 Å². The molecule has 0 radical (unpaired) electrons. The highest BCUT2D eigenvalue weighted by Crippen LogP contribution is 2.37. The summed E-state index contributed by atoms with van der Waals surface area (Å²) in [5.74, 6) is -5.68. The van der Waals surface area contributed by atoms with Gasteiger partial charge in [-0.2, -0.15) is 0 Å². The van der Waals surface area contributed by atoms with Gasteiger partial charge in [-0.1, -0.05) is 38.1 Å². The number of nitrogens with zero attached hydrogens (tertiary/aromatic N) is 2. The molecule has 59 heavy (non-hydrogen) atoms. The van der Waals surface area contributed by atoms with Crippen LogP contribution in [0, 0.1) is 5.92 Å². The highest BCUT2D eigenvalue weighted by atomic mass is 16.4. The van der Waals surface area contributed by atoms with Gasteiger partial charge in [0.1, 0.15) is 23.9 Å². The largest absolute Gasteiger partial charge is 0.507 e. The molecule has 19 heteroatoms. The van der Waals surface area contributed by atoms with Crippen molar-refractivity contribution in [1.29, 1.82) is 0 Å². The van der Waals surface area contributed by atoms with Crippen molar-refractivity contribution < 1.29 is 48.9 Å². The molecular weight excluding hydrogens is 766 g/mol. The van der Waals surface area contributed by atoms with Gasteiger partial charge in [0.05, 0.1) is 23.3 Å². The first-order valence-corrected chi connectivity index (χ1v) is 19.7. The Morgan fingerprint density at radius 1 is 0.881 bits per heavy atom. The molecule has 4 amide bonds. The molecule has 0 spiro atoms. The maximum atomic E-state index is 14.5. The highest BCUT2D eigenvalue weighted by molar-refractivity contribution is 6.31. The molecule has 0 saturated carbocycles. The van der Waals surface area contributed by atoms with Gasteiger partial charge in [0.2, 0.25) is 23.6 Å². The molecule has 4 rings (SSSR count). The number of hydrogen-bond acceptors (Lipinski definition) is 12. The lowest BCUT2D eigenvalue weighted by Gasteiger charge is -2.31. The number of ketones is 2. The second-order valence-electron chi connectivity index (χ2n) is 15.1. The first-order valence-electron chi connectivity index (χ1n) is 19.7. The summed E-state index contributed by atoms with van der Waals surface area (Å²) in [6.07, 6.45) is 0.273. The fraction of sp³-hybridized carbons (Fsp3) is 0.500. The van der Waals surface area contributed by atoms with Crippen LogP contribution < -0.4 is 38.5 Å². The quantitative estimate of drug-likeness (QED) is 0.0303. The summed E-state index contributed by atoms with van der Waals surface area (Å²) in [7, 11) is 0. The smallest absolute Gasteiger partial charge is 0.328 e. The molecule has 320 valence electrons. The van der Waals surface area contributed by atoms with Gasteiger partial charge in [0.15, 0.2) is 23.6 Å². The Labute approximate surface area is 341 Å². The maximum Gasteiger partial charge on any atom is 0.328 e. The van der Waals surface area contributed by atoms with Gasteiger partial charge in [0, 0.05) is 36.4 Å². The standard InChI is InChI=1S/C40H55N9O10/c1-20(2)31(41)37(56)44-17-7-6-12-25(35(54)48-32(21(3)50)39(58)59)47-36(55)27-14-9-19-49(27)38(57)26(13-8-18-45-40(42)43)46-24-15-16-28(51)30-29(24)33(52)22-10-4-5-11-23(22)34(30)53/h4-5,10-11,15-16,20-21,25-27,31-32,46,50-51H,6-9,12-14,17-19,41H2,1-3H3,(H,44,56)(H,47,55)(H,48,54)(H,58,59)(H4,42,43,45)/t21-,25+,26+,27+,31+,32+/m1/s1. The minimum Gasteiger partial charge on any atom is -0.507 e. The van der Waals surface area contributed by atoms with E-state index >= 15 is 0 Å². The second-order valence-corrected chi connectivity index (χ2v) is 15.1. The van der Waals surface area contributed by atoms with Gasteiger partial charge in [-0.05, 0) is 69.9 Å². The van der Waals surface area contributed by atoms with Gasteiger partial charge >= 0.3 is 5.97 Å². The third-order valence-corrected chi connectivity index (χ3v) is 10.4. The van der Waals surface area contributed by atoms with Gasteiger partial charge in [-0.25, -0.2) is 4.79 Å². The minimum absolute atomic E-state index is 0.0211. The van der Waals surface area contributed by atoms with Crippen molar-refractivity contribution in [3.8, 4) is 5.75 Å². The van der Waals surface area contributed by atoms with Crippen LogP contribution in [-0.2, 0) is 24.0 Å². The van der Waals surface area contributed by atoms with Crippen molar-refractivity contribution >= 4 is 52.8 Å². The number of aliphatic imine (C=N–C) groups is 1. The summed E-state index contributed by atoms with van der Waals surface area (Å²) in [6.45, 7) is 5.34. The molecule has 2 aliphatic rings. The monoisotopic (exact) mass is 821 g/mol. The number of aliphatic carboxylic acids is 1. The van der Waals surface area contributed by atoms with E-state index in [9.17, 15) is 48.9 Å². The van der Waals surface area contributed by atoms with Crippen molar-refractivity contribution in [3.63, 3.8) is 0 Å². The summed E-state index contributed by atoms with van der Waals surface area (Å²) in [5.41, 5.74) is 17.0. The number of carbonyl (C=O) groups excluding carboxylic acids is 6. The Kier molecular flexibility index (Phi) is 15.9. The van der Waals surface area contributed by atoms with Crippen molar-refractivity contribution in [1.82, 2.24) is 20.9 Å². The maximum absolute atomic E-state index is 14.5. The zero-order chi connectivity index (χ0) is 43.6. The van der Waals surface area contributed by atoms with Crippen LogP contribution in [0.15, 0.2) is 41.4 Å². The van der Waals surface area contributed by atoms with Crippen LogP contribution in [0.25, 0.3) is 0 Å². The highest BCUT2D eigenvalue weighted by Gasteiger charge is 2.40. The molecule has 1 aliphatic heterocycles. The van der Waals surface area contributed by atoms with Crippen LogP contribution in [0.2, 0.25) is 0 Å². The van der Waals surface area contributed by atoms with E-state index in [1.807, 2.05) is 13.8 Å². The fourth-order valence-electron chi connectivity index (χ4n) is 7.06. The van der Waals surface area contributed by atoms with Crippen LogP contribution in [0.3, 0.4) is 0 Å². The fourth-order valence-corrected chi connectivity index (χ4v) is 7.06. The van der Waals surface area contributed by atoms with Crippen LogP contribution >= 0.6 is 0 Å². The number of anilines is 1. The van der Waals surface area contributed by atoms with E-state index in [0.29, 0.717) is 19.3 Å². The summed E-state index contributed by atoms with van der Waals surface area (Å²) in [5, 5.41) is 41.1. The number of hydrogen-bond donors (Lipinski definition) is 10. The number of carboxylic acids is 1. The lowest BCUT2D eigenvalue weighted by Crippen LogP contribution is -2.57. The van der Waals surface area contributed by atoms with E-state index in [2.05, 4.69) is 26.3 Å². The number of aromatic hydroxyl groups is 1. The Balaban J connectivity index is 1.57. The number of amides is 4. The number of benzene rings is 2. The van der Waals surface area contributed by atoms with Gasteiger partial charge in [0.25, 0.3) is 0 Å². The molecule has 1 heterocycles. The number of nitrogens with one attached hydrogen (secondary N) is 4. The van der Waals surface area contributed by atoms with Crippen molar-refractivity contribution in [3.05, 3.63) is 58.7 Å². The number of guanidine groups is 1. The molecule has 13 N–H and O–H groups in total. The van der Waals surface area contributed by atoms with E-state index < -0.39 is 77.3 Å². The van der Waals surface area contributed by atoms with Crippen molar-refractivity contribution in [2.45, 2.75) is 102 Å². The first kappa shape index (κ1) is 45.6. The zero-order valence-corrected chi connectivity index (χ0v) is 33.4. The molecule has 2 aromatic carbocycles. The average molecular weight is 822 g/mol. The number of phenolic OH excluding ortho intramolecular Hbond substituents is 1. The molecule has 1 fully saturated rings. The Morgan fingerprint density at radius 2 is 1.53 bits per heavy atom. The molecule has 19 nitrogen and oxygen atoms in total. The summed E-state index contributed by atoms with van der Waals surface area (Å²) in [6, 6.07) is 3.03. The molecule has 6 atom stereocenters. The van der Waals surface area contributed by atoms with Gasteiger partial charge in [-0.15, -0.1) is 0 Å². The van der Waals surface area contributed by atoms with Crippen LogP contribution in [0.4, 0.5) is 5.69 Å². The third kappa shape index (κ3) is 11.3. The van der Waals surface area contributed by atoms with E-state index in [0.717, 1.165) is 0 Å². The number of nitrogens with two attached hydrogens (primary N) is 3. The summed E-state index contributed by atoms with van der Waals surface area (Å²) < 4.78 is 0. The van der Waals surface area contributed by atoms with Crippen LogP contribution in [0.5, 0.6) is 5.75 Å². The summed E-state index contributed by atoms with van der Waals surface area (Å²) >= 11 is 0. The number of aliphatic hydroxyl groups excluding tert-OH is 1. The Hall–Kier alpha value is -6.08. The number of rotatable bonds is 20. The number of likely N-dealkylation sites (tertiary alicyclic amines) is 1. The lowest BCUT2D eigenvalue weighted by atomic mass is 9.82. The average Bonchev–Trinajstić information content (AvgIpc) is 3.69. The number of phenols is 1. The first-order chi connectivity index (χ1) is 27.9. The molecule has 1 aliphatic carbocycles. The van der Waals surface area contributed by atoms with E-state index in [1.165, 1.54) is 36.1 Å². The number of carbonyl (C=O) groups is 7. The van der Waals surface area contributed by atoms with E-state index in [-0.39, 0.29) is 91.0 Å². The zero-order valence-electron chi connectivity index (χ0n) is 33.4. The molecule has 0 bridgehead atoms. The minimum atomic E-state index is -1.67. The lowest BCUT2D eigenvalue weighted by molar-refractivity contribution is -0.145. The van der Waals surface area contributed by atoms with Crippen LogP contribution in [0.1, 0.15) is 97.6 Å². The molecule has 0 unspecified atom stereocenters. The molecule has 1 saturated heterocycles. The van der Waals surface area contributed by atoms with Gasteiger partial charge < -0.3 is 58.7 Å². The second kappa shape index (κ2) is 20.6.